The molecular weight excluding hydrogens is 192 g/mol. The van der Waals surface area contributed by atoms with E-state index in [-0.39, 0.29) is 11.2 Å². The fourth-order valence-electron chi connectivity index (χ4n) is 2.60. The molecular formula is C11H14N2O2. The molecule has 15 heavy (non-hydrogen) atoms. The number of pyridine rings is 1. The molecule has 1 spiro atoms. The van der Waals surface area contributed by atoms with Crippen molar-refractivity contribution in [3.8, 4) is 0 Å². The first-order valence-electron chi connectivity index (χ1n) is 5.38. The third kappa shape index (κ3) is 1.25. The highest BCUT2D eigenvalue weighted by molar-refractivity contribution is 5.33. The molecule has 3 heterocycles. The normalized spacial score (nSPS) is 29.3. The molecule has 0 amide bonds. The summed E-state index contributed by atoms with van der Waals surface area (Å²) in [6.07, 6.45) is 3.83. The van der Waals surface area contributed by atoms with Gasteiger partial charge in [0.05, 0.1) is 6.61 Å². The van der Waals surface area contributed by atoms with E-state index >= 15 is 0 Å². The molecule has 1 atom stereocenters. The van der Waals surface area contributed by atoms with E-state index in [0.717, 1.165) is 37.1 Å². The predicted octanol–water partition coefficient (Wildman–Crippen LogP) is 0.484. The van der Waals surface area contributed by atoms with Crippen LogP contribution in [0.4, 0.5) is 0 Å². The molecule has 4 heteroatoms. The Morgan fingerprint density at radius 2 is 2.40 bits per heavy atom. The van der Waals surface area contributed by atoms with Crippen molar-refractivity contribution in [1.82, 2.24) is 10.3 Å². The Hall–Kier alpha value is -1.13. The molecule has 1 aromatic heterocycles. The van der Waals surface area contributed by atoms with Gasteiger partial charge in [-0.15, -0.1) is 0 Å². The molecule has 1 saturated heterocycles. The number of fused-ring (bicyclic) bond motifs is 2. The molecule has 0 aromatic carbocycles. The fraction of sp³-hybridized carbons (Fsp3) is 0.545. The standard InChI is InChI=1S/C11H14N2O2/c14-10-8-6-15-11(3-1-4-12-7-11)9(8)2-5-13-10/h2,5,12H,1,3-4,6-7H2,(H,13,14). The zero-order chi connectivity index (χ0) is 10.3. The minimum atomic E-state index is -0.234. The van der Waals surface area contributed by atoms with Gasteiger partial charge in [0.25, 0.3) is 5.56 Å². The molecule has 0 bridgehead atoms. The maximum atomic E-state index is 11.6. The van der Waals surface area contributed by atoms with Crippen molar-refractivity contribution in [2.75, 3.05) is 13.1 Å². The van der Waals surface area contributed by atoms with E-state index in [4.69, 9.17) is 4.74 Å². The summed E-state index contributed by atoms with van der Waals surface area (Å²) >= 11 is 0. The van der Waals surface area contributed by atoms with Crippen LogP contribution in [0.5, 0.6) is 0 Å². The third-order valence-electron chi connectivity index (χ3n) is 3.39. The van der Waals surface area contributed by atoms with E-state index in [1.807, 2.05) is 6.07 Å². The van der Waals surface area contributed by atoms with Crippen molar-refractivity contribution in [3.05, 3.63) is 33.7 Å². The highest BCUT2D eigenvalue weighted by atomic mass is 16.5. The zero-order valence-corrected chi connectivity index (χ0v) is 8.51. The molecule has 2 N–H and O–H groups in total. The van der Waals surface area contributed by atoms with E-state index < -0.39 is 0 Å². The van der Waals surface area contributed by atoms with Crippen molar-refractivity contribution in [3.63, 3.8) is 0 Å². The van der Waals surface area contributed by atoms with Crippen LogP contribution in [0.3, 0.4) is 0 Å². The van der Waals surface area contributed by atoms with Crippen LogP contribution in [0.1, 0.15) is 24.0 Å². The minimum absolute atomic E-state index is 0.00468. The van der Waals surface area contributed by atoms with Crippen LogP contribution in [0, 0.1) is 0 Å². The van der Waals surface area contributed by atoms with Gasteiger partial charge in [0, 0.05) is 18.3 Å². The molecule has 3 rings (SSSR count). The quantitative estimate of drug-likeness (QED) is 0.649. The lowest BCUT2D eigenvalue weighted by Gasteiger charge is -2.33. The van der Waals surface area contributed by atoms with E-state index in [2.05, 4.69) is 10.3 Å². The first-order chi connectivity index (χ1) is 7.32. The second-order valence-electron chi connectivity index (χ2n) is 4.26. The summed E-state index contributed by atoms with van der Waals surface area (Å²) in [6, 6.07) is 1.98. The number of aromatic nitrogens is 1. The Balaban J connectivity index is 2.10. The van der Waals surface area contributed by atoms with Gasteiger partial charge in [-0.2, -0.15) is 0 Å². The average molecular weight is 206 g/mol. The third-order valence-corrected chi connectivity index (χ3v) is 3.39. The molecule has 0 saturated carbocycles. The summed E-state index contributed by atoms with van der Waals surface area (Å²) in [4.78, 5) is 14.3. The molecule has 4 nitrogen and oxygen atoms in total. The molecule has 2 aliphatic rings. The van der Waals surface area contributed by atoms with Crippen LogP contribution in [-0.2, 0) is 16.9 Å². The van der Waals surface area contributed by atoms with Gasteiger partial charge in [0.15, 0.2) is 0 Å². The topological polar surface area (TPSA) is 54.1 Å². The zero-order valence-electron chi connectivity index (χ0n) is 8.51. The van der Waals surface area contributed by atoms with Gasteiger partial charge in [0.1, 0.15) is 5.60 Å². The van der Waals surface area contributed by atoms with Gasteiger partial charge in [0.2, 0.25) is 0 Å². The van der Waals surface area contributed by atoms with Crippen molar-refractivity contribution >= 4 is 0 Å². The summed E-state index contributed by atoms with van der Waals surface area (Å²) in [5.41, 5.74) is 1.65. The molecule has 0 radical (unpaired) electrons. The Kier molecular flexibility index (Phi) is 1.94. The smallest absolute Gasteiger partial charge is 0.253 e. The van der Waals surface area contributed by atoms with Crippen molar-refractivity contribution < 1.29 is 4.74 Å². The van der Waals surface area contributed by atoms with Gasteiger partial charge in [-0.05, 0) is 31.0 Å². The van der Waals surface area contributed by atoms with Gasteiger partial charge in [-0.1, -0.05) is 0 Å². The van der Waals surface area contributed by atoms with Crippen molar-refractivity contribution in [2.24, 2.45) is 0 Å². The van der Waals surface area contributed by atoms with Gasteiger partial charge in [-0.25, -0.2) is 0 Å². The lowest BCUT2D eigenvalue weighted by Crippen LogP contribution is -2.43. The predicted molar refractivity (Wildman–Crippen MR) is 55.6 cm³/mol. The van der Waals surface area contributed by atoms with Crippen LogP contribution in [-0.4, -0.2) is 18.1 Å². The average Bonchev–Trinajstić information content (AvgIpc) is 2.61. The second-order valence-corrected chi connectivity index (χ2v) is 4.26. The lowest BCUT2D eigenvalue weighted by molar-refractivity contribution is -0.0537. The van der Waals surface area contributed by atoms with Crippen molar-refractivity contribution in [2.45, 2.75) is 25.0 Å². The number of H-pyrrole nitrogens is 1. The van der Waals surface area contributed by atoms with Crippen LogP contribution < -0.4 is 10.9 Å². The number of ether oxygens (including phenoxy) is 1. The van der Waals surface area contributed by atoms with E-state index in [1.54, 1.807) is 6.20 Å². The van der Waals surface area contributed by atoms with Crippen LogP contribution in [0.25, 0.3) is 0 Å². The first kappa shape index (κ1) is 9.12. The maximum Gasteiger partial charge on any atom is 0.253 e. The van der Waals surface area contributed by atoms with E-state index in [1.165, 1.54) is 0 Å². The van der Waals surface area contributed by atoms with Gasteiger partial charge < -0.3 is 15.0 Å². The number of hydrogen-bond acceptors (Lipinski definition) is 3. The minimum Gasteiger partial charge on any atom is -0.364 e. The number of hydrogen-bond donors (Lipinski definition) is 2. The Morgan fingerprint density at radius 3 is 3.20 bits per heavy atom. The van der Waals surface area contributed by atoms with Crippen LogP contribution in [0.2, 0.25) is 0 Å². The highest BCUT2D eigenvalue weighted by Gasteiger charge is 2.41. The lowest BCUT2D eigenvalue weighted by atomic mass is 9.86. The largest absolute Gasteiger partial charge is 0.364 e. The van der Waals surface area contributed by atoms with Crippen LogP contribution in [0.15, 0.2) is 17.1 Å². The van der Waals surface area contributed by atoms with E-state index in [0.29, 0.717) is 6.61 Å². The number of rotatable bonds is 0. The van der Waals surface area contributed by atoms with Gasteiger partial charge in [-0.3, -0.25) is 4.79 Å². The number of piperidine rings is 1. The summed E-state index contributed by atoms with van der Waals surface area (Å²) in [5.74, 6) is 0. The SMILES string of the molecule is O=c1[nH]ccc2c1COC21CCCNC1. The monoisotopic (exact) mass is 206 g/mol. The summed E-state index contributed by atoms with van der Waals surface area (Å²) < 4.78 is 5.85. The fourth-order valence-corrected chi connectivity index (χ4v) is 2.60. The molecule has 80 valence electrons. The number of aromatic amines is 1. The second kappa shape index (κ2) is 3.18. The molecule has 1 fully saturated rings. The highest BCUT2D eigenvalue weighted by Crippen LogP contribution is 2.39. The van der Waals surface area contributed by atoms with Gasteiger partial charge >= 0.3 is 0 Å². The maximum absolute atomic E-state index is 11.6. The van der Waals surface area contributed by atoms with E-state index in [9.17, 15) is 4.79 Å². The Labute approximate surface area is 87.7 Å². The number of nitrogens with one attached hydrogen (secondary N) is 2. The summed E-state index contributed by atoms with van der Waals surface area (Å²) in [6.45, 7) is 2.32. The summed E-state index contributed by atoms with van der Waals surface area (Å²) in [7, 11) is 0. The molecule has 1 unspecified atom stereocenters. The molecule has 2 aliphatic heterocycles. The summed E-state index contributed by atoms with van der Waals surface area (Å²) in [5, 5.41) is 3.34. The Morgan fingerprint density at radius 1 is 1.47 bits per heavy atom. The first-order valence-corrected chi connectivity index (χ1v) is 5.38. The van der Waals surface area contributed by atoms with Crippen LogP contribution >= 0.6 is 0 Å². The van der Waals surface area contributed by atoms with Crippen molar-refractivity contribution in [1.29, 1.82) is 0 Å². The Bertz CT molecular complexity index is 432. The molecule has 0 aliphatic carbocycles. The molecule has 1 aromatic rings.